The molecule has 2 aromatic carbocycles. The Balaban J connectivity index is 1.67. The lowest BCUT2D eigenvalue weighted by atomic mass is 9.62. The third-order valence-electron chi connectivity index (χ3n) is 7.32. The summed E-state index contributed by atoms with van der Waals surface area (Å²) < 4.78 is 2.03. The normalized spacial score (nSPS) is 16.5. The maximum Gasteiger partial charge on any atom is 0.335 e. The van der Waals surface area contributed by atoms with Crippen molar-refractivity contribution in [2.45, 2.75) is 77.7 Å². The molecule has 0 unspecified atom stereocenters. The number of rotatable bonds is 7. The summed E-state index contributed by atoms with van der Waals surface area (Å²) in [4.78, 5) is 11.2. The first-order valence-corrected chi connectivity index (χ1v) is 12.2. The van der Waals surface area contributed by atoms with Crippen molar-refractivity contribution < 1.29 is 9.90 Å². The molecule has 0 aliphatic heterocycles. The van der Waals surface area contributed by atoms with E-state index in [1.54, 1.807) is 12.1 Å². The first-order valence-electron chi connectivity index (χ1n) is 12.2. The van der Waals surface area contributed by atoms with E-state index in [1.165, 1.54) is 40.7 Å². The molecular formula is C30H36N2O2. The molecule has 1 heterocycles. The van der Waals surface area contributed by atoms with Gasteiger partial charge >= 0.3 is 5.97 Å². The zero-order chi connectivity index (χ0) is 24.5. The average molecular weight is 457 g/mol. The Morgan fingerprint density at radius 3 is 2.26 bits per heavy atom. The summed E-state index contributed by atoms with van der Waals surface area (Å²) in [6, 6.07) is 11.9. The maximum atomic E-state index is 11.2. The van der Waals surface area contributed by atoms with E-state index in [4.69, 9.17) is 5.11 Å². The largest absolute Gasteiger partial charge is 0.478 e. The lowest BCUT2D eigenvalue weighted by Crippen LogP contribution is -2.34. The van der Waals surface area contributed by atoms with Crippen molar-refractivity contribution >= 4 is 18.1 Å². The smallest absolute Gasteiger partial charge is 0.335 e. The molecule has 1 aliphatic carbocycles. The van der Waals surface area contributed by atoms with Crippen LogP contribution in [-0.4, -0.2) is 20.9 Å². The molecule has 0 radical (unpaired) electrons. The lowest BCUT2D eigenvalue weighted by Gasteiger charge is -2.42. The van der Waals surface area contributed by atoms with Crippen molar-refractivity contribution in [3.8, 4) is 0 Å². The van der Waals surface area contributed by atoms with Crippen molar-refractivity contribution in [3.63, 3.8) is 0 Å². The van der Waals surface area contributed by atoms with Crippen LogP contribution in [0.25, 0.3) is 12.2 Å². The number of aromatic carboxylic acids is 1. The van der Waals surface area contributed by atoms with Crippen LogP contribution in [0.5, 0.6) is 0 Å². The molecule has 4 heteroatoms. The highest BCUT2D eigenvalue weighted by Crippen LogP contribution is 2.46. The fourth-order valence-corrected chi connectivity index (χ4v) is 4.99. The van der Waals surface area contributed by atoms with E-state index in [2.05, 4.69) is 70.2 Å². The van der Waals surface area contributed by atoms with Gasteiger partial charge in [-0.25, -0.2) is 4.79 Å². The third kappa shape index (κ3) is 5.16. The fraction of sp³-hybridized carbons (Fsp3) is 0.400. The van der Waals surface area contributed by atoms with Crippen molar-refractivity contribution in [2.75, 3.05) is 0 Å². The monoisotopic (exact) mass is 456 g/mol. The van der Waals surface area contributed by atoms with Gasteiger partial charge in [-0.3, -0.25) is 4.68 Å². The molecule has 1 aliphatic rings. The molecule has 1 N–H and O–H groups in total. The van der Waals surface area contributed by atoms with E-state index in [-0.39, 0.29) is 10.8 Å². The first kappa shape index (κ1) is 24.0. The number of aromatic nitrogens is 2. The number of nitrogens with zero attached hydrogens (tertiary/aromatic N) is 2. The highest BCUT2D eigenvalue weighted by Gasteiger charge is 2.37. The van der Waals surface area contributed by atoms with E-state index in [0.29, 0.717) is 5.56 Å². The van der Waals surface area contributed by atoms with Crippen LogP contribution < -0.4 is 0 Å². The summed E-state index contributed by atoms with van der Waals surface area (Å²) in [7, 11) is 0. The van der Waals surface area contributed by atoms with Crippen LogP contribution in [0.3, 0.4) is 0 Å². The number of fused-ring (bicyclic) bond motifs is 1. The zero-order valence-electron chi connectivity index (χ0n) is 21.1. The van der Waals surface area contributed by atoms with Gasteiger partial charge in [0.1, 0.15) is 0 Å². The van der Waals surface area contributed by atoms with Crippen LogP contribution in [0.4, 0.5) is 0 Å². The van der Waals surface area contributed by atoms with Crippen molar-refractivity contribution in [1.29, 1.82) is 0 Å². The number of carbonyl (C=O) groups is 1. The van der Waals surface area contributed by atoms with Crippen LogP contribution in [0.1, 0.15) is 90.7 Å². The second kappa shape index (κ2) is 9.25. The van der Waals surface area contributed by atoms with Crippen molar-refractivity contribution in [3.05, 3.63) is 87.7 Å². The van der Waals surface area contributed by atoms with Gasteiger partial charge in [0, 0.05) is 12.7 Å². The van der Waals surface area contributed by atoms with Crippen LogP contribution in [0.15, 0.2) is 48.8 Å². The molecule has 0 spiro atoms. The highest BCUT2D eigenvalue weighted by atomic mass is 16.4. The minimum atomic E-state index is -0.898. The number of benzene rings is 2. The standard InChI is InChI=1S/C30H36N2O2/c1-21-19-31-32(20-21)16-6-7-24-17-26-27(30(4,5)15-14-29(26,2)3)18-25(24)13-10-22-8-11-23(12-9-22)28(33)34/h8-13,17-20H,6-7,14-16H2,1-5H3,(H,33,34). The first-order chi connectivity index (χ1) is 16.0. The summed E-state index contributed by atoms with van der Waals surface area (Å²) >= 11 is 0. The van der Waals surface area contributed by atoms with Crippen LogP contribution in [0.2, 0.25) is 0 Å². The summed E-state index contributed by atoms with van der Waals surface area (Å²) in [5.41, 5.74) is 8.39. The molecule has 0 bridgehead atoms. The molecule has 0 amide bonds. The molecular weight excluding hydrogens is 420 g/mol. The van der Waals surface area contributed by atoms with Gasteiger partial charge in [0.05, 0.1) is 11.8 Å². The predicted molar refractivity (Wildman–Crippen MR) is 139 cm³/mol. The number of hydrogen-bond donors (Lipinski definition) is 1. The second-order valence-corrected chi connectivity index (χ2v) is 11.0. The van der Waals surface area contributed by atoms with Crippen LogP contribution >= 0.6 is 0 Å². The van der Waals surface area contributed by atoms with Gasteiger partial charge in [0.25, 0.3) is 0 Å². The molecule has 4 rings (SSSR count). The minimum Gasteiger partial charge on any atom is -0.478 e. The molecule has 178 valence electrons. The fourth-order valence-electron chi connectivity index (χ4n) is 4.99. The predicted octanol–water partition coefficient (Wildman–Crippen LogP) is 7.04. The van der Waals surface area contributed by atoms with Gasteiger partial charge in [-0.1, -0.05) is 64.1 Å². The number of carboxylic acids is 1. The Kier molecular flexibility index (Phi) is 6.53. The Hall–Kier alpha value is -3.14. The Bertz CT molecular complexity index is 1210. The summed E-state index contributed by atoms with van der Waals surface area (Å²) in [6.45, 7) is 12.4. The molecule has 0 saturated heterocycles. The van der Waals surface area contributed by atoms with E-state index in [1.807, 2.05) is 23.0 Å². The number of aryl methyl sites for hydroxylation is 3. The molecule has 4 nitrogen and oxygen atoms in total. The van der Waals surface area contributed by atoms with Gasteiger partial charge < -0.3 is 5.11 Å². The van der Waals surface area contributed by atoms with Gasteiger partial charge in [-0.05, 0) is 89.0 Å². The summed E-state index contributed by atoms with van der Waals surface area (Å²) in [5, 5.41) is 13.6. The van der Waals surface area contributed by atoms with Gasteiger partial charge in [-0.15, -0.1) is 0 Å². The van der Waals surface area contributed by atoms with E-state index >= 15 is 0 Å². The van der Waals surface area contributed by atoms with E-state index < -0.39 is 5.97 Å². The molecule has 0 saturated carbocycles. The zero-order valence-corrected chi connectivity index (χ0v) is 21.1. The minimum absolute atomic E-state index is 0.154. The van der Waals surface area contributed by atoms with Gasteiger partial charge in [-0.2, -0.15) is 5.10 Å². The number of hydrogen-bond acceptors (Lipinski definition) is 2. The molecule has 0 atom stereocenters. The highest BCUT2D eigenvalue weighted by molar-refractivity contribution is 5.88. The van der Waals surface area contributed by atoms with Crippen LogP contribution in [-0.2, 0) is 23.8 Å². The topological polar surface area (TPSA) is 55.1 Å². The Labute approximate surface area is 203 Å². The summed E-state index contributed by atoms with van der Waals surface area (Å²) in [5.74, 6) is -0.898. The lowest BCUT2D eigenvalue weighted by molar-refractivity contribution is 0.0697. The third-order valence-corrected chi connectivity index (χ3v) is 7.32. The summed E-state index contributed by atoms with van der Waals surface area (Å²) in [6.07, 6.45) is 12.7. The molecule has 1 aromatic heterocycles. The molecule has 0 fully saturated rings. The van der Waals surface area contributed by atoms with E-state index in [9.17, 15) is 4.79 Å². The van der Waals surface area contributed by atoms with Gasteiger partial charge in [0.15, 0.2) is 0 Å². The Morgan fingerprint density at radius 1 is 1.03 bits per heavy atom. The Morgan fingerprint density at radius 2 is 1.68 bits per heavy atom. The van der Waals surface area contributed by atoms with E-state index in [0.717, 1.165) is 24.9 Å². The number of carboxylic acid groups (broad SMARTS) is 1. The van der Waals surface area contributed by atoms with Crippen molar-refractivity contribution in [2.24, 2.45) is 0 Å². The van der Waals surface area contributed by atoms with Crippen molar-refractivity contribution in [1.82, 2.24) is 9.78 Å². The SMILES string of the molecule is Cc1cnn(CCCc2cc3c(cc2C=Cc2ccc(C(=O)O)cc2)C(C)(C)CCC3(C)C)c1. The molecule has 3 aromatic rings. The maximum absolute atomic E-state index is 11.2. The average Bonchev–Trinajstić information content (AvgIpc) is 3.21. The van der Waals surface area contributed by atoms with Gasteiger partial charge in [0.2, 0.25) is 0 Å². The van der Waals surface area contributed by atoms with Crippen LogP contribution in [0, 0.1) is 6.92 Å². The quantitative estimate of drug-likeness (QED) is 0.388. The molecule has 34 heavy (non-hydrogen) atoms. The second-order valence-electron chi connectivity index (χ2n) is 11.0.